The topological polar surface area (TPSA) is 92.9 Å². The Balaban J connectivity index is 0.00000210. The molecule has 1 aliphatic rings. The first-order valence-corrected chi connectivity index (χ1v) is 8.59. The van der Waals surface area contributed by atoms with E-state index < -0.39 is 5.97 Å². The molecule has 1 unspecified atom stereocenters. The number of carboxylic acid groups (broad SMARTS) is 1. The number of aromatic nitrogens is 4. The summed E-state index contributed by atoms with van der Waals surface area (Å²) in [7, 11) is 0. The molecule has 27 heavy (non-hydrogen) atoms. The molecule has 0 amide bonds. The molecule has 3 aromatic rings. The third-order valence-electron chi connectivity index (χ3n) is 4.65. The minimum absolute atomic E-state index is 0. The van der Waals surface area contributed by atoms with Crippen molar-refractivity contribution in [1.82, 2.24) is 19.5 Å². The second-order valence-electron chi connectivity index (χ2n) is 6.38. The fraction of sp³-hybridized carbons (Fsp3) is 0.263. The Morgan fingerprint density at radius 2 is 2.07 bits per heavy atom. The van der Waals surface area contributed by atoms with Gasteiger partial charge in [0.2, 0.25) is 5.95 Å². The van der Waals surface area contributed by atoms with Crippen LogP contribution in [0.1, 0.15) is 23.2 Å². The molecule has 2 aromatic heterocycles. The molecule has 0 bridgehead atoms. The van der Waals surface area contributed by atoms with Crippen LogP contribution in [0.3, 0.4) is 0 Å². The molecular formula is C19H19N5NaO2+. The maximum Gasteiger partial charge on any atom is 1.00 e. The fourth-order valence-corrected chi connectivity index (χ4v) is 3.23. The van der Waals surface area contributed by atoms with Crippen LogP contribution in [-0.2, 0) is 24.2 Å². The number of carboxylic acids is 1. The van der Waals surface area contributed by atoms with E-state index in [2.05, 4.69) is 20.3 Å². The molecule has 7 nitrogen and oxygen atoms in total. The van der Waals surface area contributed by atoms with Crippen molar-refractivity contribution in [2.24, 2.45) is 5.92 Å². The van der Waals surface area contributed by atoms with E-state index in [1.807, 2.05) is 30.3 Å². The molecule has 8 heteroatoms. The summed E-state index contributed by atoms with van der Waals surface area (Å²) < 4.78 is 1.76. The minimum atomic E-state index is -0.761. The largest absolute Gasteiger partial charge is 1.00 e. The molecule has 0 saturated heterocycles. The number of carbonyl (C=O) groups is 1. The number of fused-ring (bicyclic) bond motifs is 1. The summed E-state index contributed by atoms with van der Waals surface area (Å²) in [5.41, 5.74) is 2.95. The Morgan fingerprint density at radius 1 is 1.26 bits per heavy atom. The summed E-state index contributed by atoms with van der Waals surface area (Å²) in [6.45, 7) is 0.616. The summed E-state index contributed by atoms with van der Waals surface area (Å²) in [6, 6.07) is 10.0. The van der Waals surface area contributed by atoms with Crippen LogP contribution in [-0.4, -0.2) is 30.6 Å². The van der Waals surface area contributed by atoms with Crippen molar-refractivity contribution in [3.8, 4) is 5.95 Å². The first kappa shape index (κ1) is 19.5. The summed E-state index contributed by atoms with van der Waals surface area (Å²) in [4.78, 5) is 24.8. The van der Waals surface area contributed by atoms with E-state index in [-0.39, 0.29) is 35.5 Å². The Hall–Kier alpha value is -2.22. The van der Waals surface area contributed by atoms with Crippen molar-refractivity contribution in [3.05, 3.63) is 65.9 Å². The van der Waals surface area contributed by atoms with Crippen LogP contribution in [0.15, 0.2) is 49.1 Å². The Bertz CT molecular complexity index is 915. The number of nitrogens with zero attached hydrogens (tertiary/aromatic N) is 4. The number of imidazole rings is 1. The normalized spacial score (nSPS) is 15.5. The van der Waals surface area contributed by atoms with Gasteiger partial charge < -0.3 is 10.4 Å². The molecule has 1 aromatic carbocycles. The van der Waals surface area contributed by atoms with E-state index in [1.165, 1.54) is 0 Å². The number of rotatable bonds is 5. The van der Waals surface area contributed by atoms with Crippen LogP contribution in [0.2, 0.25) is 0 Å². The van der Waals surface area contributed by atoms with E-state index in [9.17, 15) is 9.90 Å². The van der Waals surface area contributed by atoms with Gasteiger partial charge in [0.1, 0.15) is 12.1 Å². The van der Waals surface area contributed by atoms with Crippen molar-refractivity contribution in [2.45, 2.75) is 25.8 Å². The molecule has 2 N–H and O–H groups in total. The van der Waals surface area contributed by atoms with Crippen molar-refractivity contribution in [3.63, 3.8) is 0 Å². The average Bonchev–Trinajstić information content (AvgIpc) is 3.21. The fourth-order valence-electron chi connectivity index (χ4n) is 3.23. The van der Waals surface area contributed by atoms with Crippen LogP contribution in [0.4, 0.5) is 5.82 Å². The van der Waals surface area contributed by atoms with Gasteiger partial charge >= 0.3 is 35.5 Å². The van der Waals surface area contributed by atoms with Gasteiger partial charge in [-0.15, -0.1) is 0 Å². The van der Waals surface area contributed by atoms with Crippen LogP contribution >= 0.6 is 0 Å². The van der Waals surface area contributed by atoms with Crippen molar-refractivity contribution >= 4 is 11.8 Å². The minimum Gasteiger partial charge on any atom is -0.481 e. The van der Waals surface area contributed by atoms with Crippen molar-refractivity contribution < 1.29 is 39.5 Å². The van der Waals surface area contributed by atoms with Gasteiger partial charge in [0, 0.05) is 24.5 Å². The third kappa shape index (κ3) is 4.37. The Kier molecular flexibility index (Phi) is 6.26. The standard InChI is InChI=1S/C19H19N5O2.Na/c25-18(26)14-6-7-16-15(10-14)17(21-11-13-4-2-1-3-5-13)23-19(22-16)24-9-8-20-12-24;/h1-5,8-9,12,14H,6-7,10-11H2,(H,25,26)(H,21,22,23);/q;+1. The molecule has 0 radical (unpaired) electrons. The van der Waals surface area contributed by atoms with Gasteiger partial charge in [-0.2, -0.15) is 4.98 Å². The van der Waals surface area contributed by atoms with E-state index in [0.717, 1.165) is 16.8 Å². The second-order valence-corrected chi connectivity index (χ2v) is 6.38. The smallest absolute Gasteiger partial charge is 0.481 e. The monoisotopic (exact) mass is 372 g/mol. The first-order valence-electron chi connectivity index (χ1n) is 8.59. The SMILES string of the molecule is O=C(O)C1CCc2nc(-n3ccnc3)nc(NCc3ccccc3)c2C1.[Na+]. The predicted octanol–water partition coefficient (Wildman–Crippen LogP) is -0.532. The molecule has 0 fully saturated rings. The Morgan fingerprint density at radius 3 is 2.78 bits per heavy atom. The van der Waals surface area contributed by atoms with Crippen LogP contribution in [0, 0.1) is 5.92 Å². The predicted molar refractivity (Wildman–Crippen MR) is 96.1 cm³/mol. The number of anilines is 1. The van der Waals surface area contributed by atoms with Crippen LogP contribution in [0.25, 0.3) is 5.95 Å². The molecule has 4 rings (SSSR count). The maximum atomic E-state index is 11.4. The number of aliphatic carboxylic acids is 1. The number of nitrogens with one attached hydrogen (secondary N) is 1. The van der Waals surface area contributed by atoms with Crippen LogP contribution in [0.5, 0.6) is 0 Å². The second kappa shape index (κ2) is 8.65. The Labute approximate surface area is 179 Å². The summed E-state index contributed by atoms with van der Waals surface area (Å²) >= 11 is 0. The van der Waals surface area contributed by atoms with Gasteiger partial charge in [0.15, 0.2) is 0 Å². The third-order valence-corrected chi connectivity index (χ3v) is 4.65. The van der Waals surface area contributed by atoms with Crippen LogP contribution < -0.4 is 34.9 Å². The zero-order valence-electron chi connectivity index (χ0n) is 15.2. The van der Waals surface area contributed by atoms with E-state index in [0.29, 0.717) is 37.6 Å². The molecule has 1 atom stereocenters. The van der Waals surface area contributed by atoms with E-state index in [1.54, 1.807) is 23.3 Å². The van der Waals surface area contributed by atoms with E-state index >= 15 is 0 Å². The van der Waals surface area contributed by atoms with Gasteiger partial charge in [0.05, 0.1) is 11.6 Å². The number of hydrogen-bond acceptors (Lipinski definition) is 5. The van der Waals surface area contributed by atoms with Gasteiger partial charge in [-0.1, -0.05) is 30.3 Å². The van der Waals surface area contributed by atoms with Gasteiger partial charge in [-0.3, -0.25) is 9.36 Å². The van der Waals surface area contributed by atoms with Crippen molar-refractivity contribution in [1.29, 1.82) is 0 Å². The summed E-state index contributed by atoms with van der Waals surface area (Å²) in [5, 5.41) is 12.8. The first-order chi connectivity index (χ1) is 12.7. The number of aryl methyl sites for hydroxylation is 1. The molecule has 0 saturated carbocycles. The van der Waals surface area contributed by atoms with E-state index in [4.69, 9.17) is 0 Å². The molecule has 2 heterocycles. The molecule has 132 valence electrons. The molecule has 0 spiro atoms. The maximum absolute atomic E-state index is 11.4. The quantitative estimate of drug-likeness (QED) is 0.585. The zero-order chi connectivity index (χ0) is 17.9. The summed E-state index contributed by atoms with van der Waals surface area (Å²) in [5.74, 6) is 0.102. The van der Waals surface area contributed by atoms with Crippen molar-refractivity contribution in [2.75, 3.05) is 5.32 Å². The molecular weight excluding hydrogens is 353 g/mol. The molecule has 0 aliphatic heterocycles. The van der Waals surface area contributed by atoms with Gasteiger partial charge in [-0.25, -0.2) is 9.97 Å². The van der Waals surface area contributed by atoms with Gasteiger partial charge in [0.25, 0.3) is 0 Å². The summed E-state index contributed by atoms with van der Waals surface area (Å²) in [6.07, 6.45) is 6.82. The number of benzene rings is 1. The van der Waals surface area contributed by atoms with Gasteiger partial charge in [-0.05, 0) is 24.8 Å². The number of hydrogen-bond donors (Lipinski definition) is 2. The average molecular weight is 372 g/mol. The zero-order valence-corrected chi connectivity index (χ0v) is 17.2. The molecule has 1 aliphatic carbocycles.